The topological polar surface area (TPSA) is 62.4 Å². The Balaban J connectivity index is 1.67. The van der Waals surface area contributed by atoms with Crippen molar-refractivity contribution >= 4 is 28.4 Å². The number of rotatable bonds is 7. The van der Waals surface area contributed by atoms with Crippen LogP contribution in [0.3, 0.4) is 0 Å². The molecule has 0 unspecified atom stereocenters. The Labute approximate surface area is 195 Å². The average Bonchev–Trinajstić information content (AvgIpc) is 3.34. The molecule has 2 heterocycles. The predicted octanol–water partition coefficient (Wildman–Crippen LogP) is 6.15. The molecule has 1 saturated heterocycles. The molecule has 1 N–H and O–H groups in total. The number of nitrogens with one attached hydrogen (secondary N) is 1. The van der Waals surface area contributed by atoms with Crippen LogP contribution >= 0.6 is 0 Å². The van der Waals surface area contributed by atoms with Gasteiger partial charge < -0.3 is 9.72 Å². The normalized spacial score (nSPS) is 24.3. The average molecular weight is 445 g/mol. The summed E-state index contributed by atoms with van der Waals surface area (Å²) < 4.78 is 5.27. The van der Waals surface area contributed by atoms with Crippen molar-refractivity contribution in [2.45, 2.75) is 57.8 Å². The van der Waals surface area contributed by atoms with Gasteiger partial charge in [0.1, 0.15) is 5.75 Å². The van der Waals surface area contributed by atoms with Gasteiger partial charge in [0.05, 0.1) is 24.6 Å². The van der Waals surface area contributed by atoms with Crippen molar-refractivity contribution in [1.82, 2.24) is 4.98 Å². The zero-order valence-electron chi connectivity index (χ0n) is 19.6. The largest absolute Gasteiger partial charge is 0.497 e. The third kappa shape index (κ3) is 3.36. The van der Waals surface area contributed by atoms with Crippen LogP contribution in [-0.2, 0) is 9.59 Å². The fourth-order valence-corrected chi connectivity index (χ4v) is 6.20. The van der Waals surface area contributed by atoms with Crippen LogP contribution < -0.4 is 9.64 Å². The second-order valence-electron chi connectivity index (χ2n) is 9.41. The van der Waals surface area contributed by atoms with Crippen LogP contribution in [0.5, 0.6) is 5.75 Å². The maximum atomic E-state index is 13.9. The van der Waals surface area contributed by atoms with Crippen molar-refractivity contribution in [2.24, 2.45) is 11.8 Å². The van der Waals surface area contributed by atoms with Crippen molar-refractivity contribution in [3.05, 3.63) is 59.8 Å². The van der Waals surface area contributed by atoms with Crippen LogP contribution in [0.1, 0.15) is 69.0 Å². The minimum atomic E-state index is -0.448. The number of hydrogen-bond acceptors (Lipinski definition) is 3. The van der Waals surface area contributed by atoms with Gasteiger partial charge in [0.15, 0.2) is 0 Å². The van der Waals surface area contributed by atoms with Gasteiger partial charge >= 0.3 is 0 Å². The van der Waals surface area contributed by atoms with Gasteiger partial charge in [0.2, 0.25) is 11.8 Å². The smallest absolute Gasteiger partial charge is 0.243 e. The van der Waals surface area contributed by atoms with Gasteiger partial charge in [-0.05, 0) is 60.6 Å². The molecule has 0 saturated carbocycles. The Hall–Kier alpha value is -3.08. The molecule has 5 heteroatoms. The highest BCUT2D eigenvalue weighted by Gasteiger charge is 2.57. The minimum absolute atomic E-state index is 0.0561. The molecule has 0 spiro atoms. The summed E-state index contributed by atoms with van der Waals surface area (Å²) in [5.74, 6) is 0.218. The summed E-state index contributed by atoms with van der Waals surface area (Å²) >= 11 is 0. The zero-order chi connectivity index (χ0) is 23.1. The molecule has 2 aromatic carbocycles. The van der Waals surface area contributed by atoms with E-state index in [-0.39, 0.29) is 29.6 Å². The lowest BCUT2D eigenvalue weighted by Crippen LogP contribution is -2.36. The number of aromatic amines is 1. The van der Waals surface area contributed by atoms with E-state index < -0.39 is 5.92 Å². The molecule has 0 radical (unpaired) electrons. The zero-order valence-corrected chi connectivity index (χ0v) is 19.6. The molecule has 2 aliphatic rings. The molecular weight excluding hydrogens is 412 g/mol. The molecule has 1 aliphatic carbocycles. The summed E-state index contributed by atoms with van der Waals surface area (Å²) in [6, 6.07) is 15.6. The molecule has 4 atom stereocenters. The lowest BCUT2D eigenvalue weighted by atomic mass is 9.63. The van der Waals surface area contributed by atoms with Crippen LogP contribution in [0.2, 0.25) is 0 Å². The summed E-state index contributed by atoms with van der Waals surface area (Å²) in [6.07, 6.45) is 5.23. The third-order valence-corrected chi connectivity index (χ3v) is 7.61. The Kier molecular flexibility index (Phi) is 5.73. The number of benzene rings is 2. The molecule has 3 aromatic rings. The SMILES string of the molecule is CCCC[C@@H]1c2c([nH]c3ccccc23)[C@@H]2C(=O)N(c3ccc(OC)cc3)C(=O)[C@@H]2[C@@H]1CCC. The minimum Gasteiger partial charge on any atom is -0.497 e. The van der Waals surface area contributed by atoms with E-state index in [1.807, 2.05) is 18.2 Å². The first-order valence-electron chi connectivity index (χ1n) is 12.2. The molecule has 1 fully saturated rings. The maximum Gasteiger partial charge on any atom is 0.243 e. The summed E-state index contributed by atoms with van der Waals surface area (Å²) in [7, 11) is 1.61. The summed E-state index contributed by atoms with van der Waals surface area (Å²) in [5.41, 5.74) is 3.92. The first kappa shape index (κ1) is 21.7. The van der Waals surface area contributed by atoms with Crippen molar-refractivity contribution in [3.8, 4) is 5.75 Å². The molecule has 5 rings (SSSR count). The Morgan fingerprint density at radius 3 is 2.39 bits per heavy atom. The van der Waals surface area contributed by atoms with Gasteiger partial charge in [0.25, 0.3) is 0 Å². The monoisotopic (exact) mass is 444 g/mol. The molecule has 33 heavy (non-hydrogen) atoms. The van der Waals surface area contributed by atoms with Gasteiger partial charge in [-0.25, -0.2) is 4.90 Å². The Morgan fingerprint density at radius 2 is 1.70 bits per heavy atom. The maximum absolute atomic E-state index is 13.9. The van der Waals surface area contributed by atoms with Gasteiger partial charge in [-0.15, -0.1) is 0 Å². The van der Waals surface area contributed by atoms with E-state index in [2.05, 4.69) is 37.0 Å². The van der Waals surface area contributed by atoms with Gasteiger partial charge in [-0.2, -0.15) is 0 Å². The van der Waals surface area contributed by atoms with E-state index in [0.717, 1.165) is 43.3 Å². The number of para-hydroxylation sites is 1. The number of amides is 2. The number of hydrogen-bond donors (Lipinski definition) is 1. The second kappa shape index (κ2) is 8.69. The van der Waals surface area contributed by atoms with Gasteiger partial charge in [-0.3, -0.25) is 9.59 Å². The van der Waals surface area contributed by atoms with E-state index in [9.17, 15) is 9.59 Å². The number of carbonyl (C=O) groups is 2. The Bertz CT molecular complexity index is 1180. The summed E-state index contributed by atoms with van der Waals surface area (Å²) in [4.78, 5) is 32.8. The first-order valence-corrected chi connectivity index (χ1v) is 12.2. The number of H-pyrrole nitrogens is 1. The first-order chi connectivity index (χ1) is 16.1. The number of anilines is 1. The summed E-state index contributed by atoms with van der Waals surface area (Å²) in [5, 5.41) is 1.20. The fraction of sp³-hybridized carbons (Fsp3) is 0.429. The van der Waals surface area contributed by atoms with Crippen LogP contribution in [0, 0.1) is 11.8 Å². The summed E-state index contributed by atoms with van der Waals surface area (Å²) in [6.45, 7) is 4.39. The number of unbranched alkanes of at least 4 members (excludes halogenated alkanes) is 1. The molecule has 2 amide bonds. The molecule has 1 aliphatic heterocycles. The number of nitrogens with zero attached hydrogens (tertiary/aromatic N) is 1. The highest BCUT2D eigenvalue weighted by atomic mass is 16.5. The lowest BCUT2D eigenvalue weighted by Gasteiger charge is -2.38. The molecule has 172 valence electrons. The third-order valence-electron chi connectivity index (χ3n) is 7.61. The van der Waals surface area contributed by atoms with E-state index in [4.69, 9.17) is 4.74 Å². The van der Waals surface area contributed by atoms with Crippen molar-refractivity contribution in [3.63, 3.8) is 0 Å². The number of aromatic nitrogens is 1. The van der Waals surface area contributed by atoms with Crippen LogP contribution in [-0.4, -0.2) is 23.9 Å². The van der Waals surface area contributed by atoms with Crippen molar-refractivity contribution in [1.29, 1.82) is 0 Å². The Morgan fingerprint density at radius 1 is 0.939 bits per heavy atom. The van der Waals surface area contributed by atoms with Crippen LogP contribution in [0.15, 0.2) is 48.5 Å². The number of ether oxygens (including phenoxy) is 1. The number of imide groups is 1. The quantitative estimate of drug-likeness (QED) is 0.444. The van der Waals surface area contributed by atoms with Crippen molar-refractivity contribution < 1.29 is 14.3 Å². The van der Waals surface area contributed by atoms with Gasteiger partial charge in [0, 0.05) is 16.6 Å². The standard InChI is InChI=1S/C28H32N2O3/c1-4-6-10-20-19(9-5-2)24-25(26-23(20)21-11-7-8-12-22(21)29-26)28(32)30(27(24)31)17-13-15-18(33-3)16-14-17/h7-8,11-16,19-20,24-25,29H,4-6,9-10H2,1-3H3/t19-,20+,24-,25-/m1/s1. The van der Waals surface area contributed by atoms with E-state index in [1.165, 1.54) is 15.8 Å². The van der Waals surface area contributed by atoms with E-state index >= 15 is 0 Å². The lowest BCUT2D eigenvalue weighted by molar-refractivity contribution is -0.123. The van der Waals surface area contributed by atoms with Crippen LogP contribution in [0.25, 0.3) is 10.9 Å². The number of carbonyl (C=O) groups excluding carboxylic acids is 2. The fourth-order valence-electron chi connectivity index (χ4n) is 6.20. The van der Waals surface area contributed by atoms with E-state index in [0.29, 0.717) is 11.4 Å². The number of fused-ring (bicyclic) bond motifs is 5. The highest BCUT2D eigenvalue weighted by Crippen LogP contribution is 2.56. The van der Waals surface area contributed by atoms with Gasteiger partial charge in [-0.1, -0.05) is 51.3 Å². The highest BCUT2D eigenvalue weighted by molar-refractivity contribution is 6.24. The van der Waals surface area contributed by atoms with Crippen molar-refractivity contribution in [2.75, 3.05) is 12.0 Å². The molecule has 1 aromatic heterocycles. The predicted molar refractivity (Wildman–Crippen MR) is 131 cm³/mol. The molecule has 5 nitrogen and oxygen atoms in total. The molecule has 0 bridgehead atoms. The number of methoxy groups -OCH3 is 1. The van der Waals surface area contributed by atoms with Crippen LogP contribution in [0.4, 0.5) is 5.69 Å². The van der Waals surface area contributed by atoms with E-state index in [1.54, 1.807) is 19.2 Å². The second-order valence-corrected chi connectivity index (χ2v) is 9.41. The molecular formula is C28H32N2O3.